The zero-order valence-electron chi connectivity index (χ0n) is 12.5. The largest absolute Gasteiger partial charge is 0.488 e. The van der Waals surface area contributed by atoms with Crippen molar-refractivity contribution in [1.29, 1.82) is 0 Å². The second kappa shape index (κ2) is 5.56. The maximum Gasteiger partial charge on any atom is 0.352 e. The number of H-pyrrole nitrogens is 1. The van der Waals surface area contributed by atoms with Crippen LogP contribution in [0.2, 0.25) is 0 Å². The minimum atomic E-state index is -0.958. The molecule has 22 heavy (non-hydrogen) atoms. The van der Waals surface area contributed by atoms with Gasteiger partial charge in [0.05, 0.1) is 0 Å². The number of nitrogens with one attached hydrogen (secondary N) is 1. The lowest BCUT2D eigenvalue weighted by molar-refractivity contribution is 0.0691. The highest BCUT2D eigenvalue weighted by Crippen LogP contribution is 2.32. The fourth-order valence-corrected chi connectivity index (χ4v) is 2.66. The molecule has 1 heterocycles. The van der Waals surface area contributed by atoms with E-state index in [1.165, 1.54) is 0 Å². The van der Waals surface area contributed by atoms with Crippen molar-refractivity contribution in [2.75, 3.05) is 0 Å². The van der Waals surface area contributed by atoms with E-state index in [0.29, 0.717) is 6.61 Å². The monoisotopic (exact) mass is 295 g/mol. The minimum absolute atomic E-state index is 0.192. The Morgan fingerprint density at radius 3 is 2.59 bits per heavy atom. The molecule has 2 aromatic carbocycles. The van der Waals surface area contributed by atoms with Gasteiger partial charge in [0.25, 0.3) is 0 Å². The van der Waals surface area contributed by atoms with Crippen molar-refractivity contribution >= 4 is 16.9 Å². The number of aromatic nitrogens is 1. The number of aromatic amines is 1. The first kappa shape index (κ1) is 14.2. The van der Waals surface area contributed by atoms with Crippen molar-refractivity contribution in [3.05, 3.63) is 64.8 Å². The van der Waals surface area contributed by atoms with Crippen LogP contribution in [-0.4, -0.2) is 16.1 Å². The lowest BCUT2D eigenvalue weighted by atomic mass is 10.1. The molecule has 0 spiro atoms. The van der Waals surface area contributed by atoms with Crippen LogP contribution in [0.4, 0.5) is 0 Å². The molecule has 0 aliphatic heterocycles. The molecule has 4 nitrogen and oxygen atoms in total. The molecule has 0 aliphatic rings. The van der Waals surface area contributed by atoms with Crippen LogP contribution in [-0.2, 0) is 6.61 Å². The van der Waals surface area contributed by atoms with Gasteiger partial charge in [-0.15, -0.1) is 0 Å². The summed E-state index contributed by atoms with van der Waals surface area (Å²) < 4.78 is 5.97. The summed E-state index contributed by atoms with van der Waals surface area (Å²) in [6.45, 7) is 4.41. The van der Waals surface area contributed by atoms with Gasteiger partial charge >= 0.3 is 5.97 Å². The average Bonchev–Trinajstić information content (AvgIpc) is 2.92. The number of aryl methyl sites for hydroxylation is 2. The molecular formula is C18H17NO3. The number of hydrogen-bond donors (Lipinski definition) is 2. The number of ether oxygens (including phenoxy) is 1. The highest BCUT2D eigenvalue weighted by Gasteiger charge is 2.14. The summed E-state index contributed by atoms with van der Waals surface area (Å²) in [6.07, 6.45) is 0. The standard InChI is InChI=1S/C18H17NO3/c1-11-8-15-14(9-16(19-15)18(20)21)12(2)17(11)22-10-13-6-4-3-5-7-13/h3-9,19H,10H2,1-2H3,(H,20,21). The molecule has 2 N–H and O–H groups in total. The van der Waals surface area contributed by atoms with E-state index in [9.17, 15) is 4.79 Å². The first-order valence-electron chi connectivity index (χ1n) is 7.09. The molecule has 1 aromatic heterocycles. The Morgan fingerprint density at radius 1 is 1.18 bits per heavy atom. The maximum absolute atomic E-state index is 11.1. The Morgan fingerprint density at radius 2 is 1.91 bits per heavy atom. The molecular weight excluding hydrogens is 278 g/mol. The van der Waals surface area contributed by atoms with Crippen molar-refractivity contribution in [2.45, 2.75) is 20.5 Å². The number of benzene rings is 2. The molecule has 0 radical (unpaired) electrons. The predicted octanol–water partition coefficient (Wildman–Crippen LogP) is 4.06. The fraction of sp³-hybridized carbons (Fsp3) is 0.167. The first-order valence-corrected chi connectivity index (χ1v) is 7.09. The summed E-state index contributed by atoms with van der Waals surface area (Å²) in [7, 11) is 0. The molecule has 0 atom stereocenters. The van der Waals surface area contributed by atoms with Crippen LogP contribution in [0.1, 0.15) is 27.2 Å². The molecule has 112 valence electrons. The molecule has 0 aliphatic carbocycles. The van der Waals surface area contributed by atoms with Crippen LogP contribution in [0.25, 0.3) is 10.9 Å². The highest BCUT2D eigenvalue weighted by molar-refractivity contribution is 5.96. The first-order chi connectivity index (χ1) is 10.6. The van der Waals surface area contributed by atoms with Gasteiger partial charge in [0, 0.05) is 16.5 Å². The Hall–Kier alpha value is -2.75. The lowest BCUT2D eigenvalue weighted by Crippen LogP contribution is -1.99. The van der Waals surface area contributed by atoms with E-state index in [1.54, 1.807) is 6.07 Å². The summed E-state index contributed by atoms with van der Waals surface area (Å²) in [6, 6.07) is 13.5. The Bertz CT molecular complexity index is 834. The molecule has 4 heteroatoms. The van der Waals surface area contributed by atoms with E-state index in [4.69, 9.17) is 9.84 Å². The normalized spacial score (nSPS) is 10.8. The number of fused-ring (bicyclic) bond motifs is 1. The van der Waals surface area contributed by atoms with Crippen molar-refractivity contribution in [3.8, 4) is 5.75 Å². The summed E-state index contributed by atoms with van der Waals surface area (Å²) in [5.74, 6) is -0.146. The number of carbonyl (C=O) groups is 1. The van der Waals surface area contributed by atoms with Crippen LogP contribution >= 0.6 is 0 Å². The van der Waals surface area contributed by atoms with E-state index in [1.807, 2.05) is 50.2 Å². The zero-order valence-corrected chi connectivity index (χ0v) is 12.5. The molecule has 0 saturated carbocycles. The molecule has 0 unspecified atom stereocenters. The fourth-order valence-electron chi connectivity index (χ4n) is 2.66. The second-order valence-corrected chi connectivity index (χ2v) is 5.37. The van der Waals surface area contributed by atoms with Gasteiger partial charge in [-0.25, -0.2) is 4.79 Å². The smallest absolute Gasteiger partial charge is 0.352 e. The number of hydrogen-bond acceptors (Lipinski definition) is 2. The summed E-state index contributed by atoms with van der Waals surface area (Å²) >= 11 is 0. The minimum Gasteiger partial charge on any atom is -0.488 e. The highest BCUT2D eigenvalue weighted by atomic mass is 16.5. The van der Waals surface area contributed by atoms with Crippen molar-refractivity contribution in [1.82, 2.24) is 4.98 Å². The van der Waals surface area contributed by atoms with Crippen molar-refractivity contribution < 1.29 is 14.6 Å². The van der Waals surface area contributed by atoms with E-state index >= 15 is 0 Å². The van der Waals surface area contributed by atoms with Gasteiger partial charge in [0.1, 0.15) is 18.1 Å². The van der Waals surface area contributed by atoms with Gasteiger partial charge in [0.15, 0.2) is 0 Å². The van der Waals surface area contributed by atoms with Gasteiger partial charge in [0.2, 0.25) is 0 Å². The van der Waals surface area contributed by atoms with Crippen molar-refractivity contribution in [2.24, 2.45) is 0 Å². The Labute approximate surface area is 128 Å². The SMILES string of the molecule is Cc1cc2[nH]c(C(=O)O)cc2c(C)c1OCc1ccccc1. The number of aromatic carboxylic acids is 1. The van der Waals surface area contributed by atoms with E-state index in [2.05, 4.69) is 4.98 Å². The van der Waals surface area contributed by atoms with Gasteiger partial charge in [-0.05, 0) is 37.1 Å². The quantitative estimate of drug-likeness (QED) is 0.763. The Balaban J connectivity index is 1.97. The third kappa shape index (κ3) is 2.55. The summed E-state index contributed by atoms with van der Waals surface area (Å²) in [4.78, 5) is 14.0. The summed E-state index contributed by atoms with van der Waals surface area (Å²) in [5, 5.41) is 9.99. The second-order valence-electron chi connectivity index (χ2n) is 5.37. The number of carboxylic acid groups (broad SMARTS) is 1. The van der Waals surface area contributed by atoms with Crippen LogP contribution in [0.3, 0.4) is 0 Å². The summed E-state index contributed by atoms with van der Waals surface area (Å²) in [5.41, 5.74) is 4.05. The van der Waals surface area contributed by atoms with Crippen LogP contribution < -0.4 is 4.74 Å². The predicted molar refractivity (Wildman–Crippen MR) is 85.5 cm³/mol. The molecule has 0 bridgehead atoms. The van der Waals surface area contributed by atoms with Crippen LogP contribution in [0.5, 0.6) is 5.75 Å². The molecule has 0 saturated heterocycles. The van der Waals surface area contributed by atoms with Crippen LogP contribution in [0.15, 0.2) is 42.5 Å². The topological polar surface area (TPSA) is 62.3 Å². The van der Waals surface area contributed by atoms with Crippen LogP contribution in [0, 0.1) is 13.8 Å². The maximum atomic E-state index is 11.1. The Kier molecular flexibility index (Phi) is 3.59. The van der Waals surface area contributed by atoms with Gasteiger partial charge in [-0.2, -0.15) is 0 Å². The van der Waals surface area contributed by atoms with E-state index < -0.39 is 5.97 Å². The lowest BCUT2D eigenvalue weighted by Gasteiger charge is -2.13. The zero-order chi connectivity index (χ0) is 15.7. The van der Waals surface area contributed by atoms with Gasteiger partial charge in [-0.1, -0.05) is 30.3 Å². The number of rotatable bonds is 4. The van der Waals surface area contributed by atoms with Gasteiger partial charge < -0.3 is 14.8 Å². The molecule has 3 aromatic rings. The molecule has 0 fully saturated rings. The third-order valence-corrected chi connectivity index (χ3v) is 3.77. The average molecular weight is 295 g/mol. The van der Waals surface area contributed by atoms with E-state index in [-0.39, 0.29) is 5.69 Å². The number of carboxylic acids is 1. The van der Waals surface area contributed by atoms with Crippen molar-refractivity contribution in [3.63, 3.8) is 0 Å². The van der Waals surface area contributed by atoms with E-state index in [0.717, 1.165) is 33.3 Å². The molecule has 3 rings (SSSR count). The third-order valence-electron chi connectivity index (χ3n) is 3.77. The van der Waals surface area contributed by atoms with Gasteiger partial charge in [-0.3, -0.25) is 0 Å². The molecule has 0 amide bonds.